The predicted octanol–water partition coefficient (Wildman–Crippen LogP) is 7.72. The van der Waals surface area contributed by atoms with E-state index in [0.717, 1.165) is 0 Å². The first-order valence-corrected chi connectivity index (χ1v) is 12.5. The summed E-state index contributed by atoms with van der Waals surface area (Å²) in [6.45, 7) is 4.57. The van der Waals surface area contributed by atoms with Gasteiger partial charge in [0.15, 0.2) is 0 Å². The summed E-state index contributed by atoms with van der Waals surface area (Å²) >= 11 is 1.51. The second kappa shape index (κ2) is 16.4. The van der Waals surface area contributed by atoms with E-state index in [4.69, 9.17) is 0 Å². The van der Waals surface area contributed by atoms with E-state index in [0.29, 0.717) is 9.70 Å². The maximum Gasteiger partial charge on any atom is -0.0353 e. The van der Waals surface area contributed by atoms with Crippen molar-refractivity contribution in [3.05, 3.63) is 48.6 Å². The molecule has 0 saturated carbocycles. The summed E-state index contributed by atoms with van der Waals surface area (Å²) in [6.07, 6.45) is 32.1. The fraction of sp³-hybridized carbons (Fsp3) is 0.636. The molecule has 0 fully saturated rings. The van der Waals surface area contributed by atoms with Gasteiger partial charge in [-0.15, -0.1) is 8.58 Å². The summed E-state index contributed by atoms with van der Waals surface area (Å²) in [6, 6.07) is 0. The van der Waals surface area contributed by atoms with Crippen molar-refractivity contribution >= 4 is 8.58 Å². The standard InChI is InChI=1S/C12H27P.2C5H5.Co/c1-3-5-7-9-11-13-12-10-8-6-4-2;2*1-2-4-5-3-1;/h13H,3-12H2,1-2H3;2*1-5H;. The number of hydrogen-bond acceptors (Lipinski definition) is 0. The van der Waals surface area contributed by atoms with Gasteiger partial charge in [-0.05, 0) is 25.2 Å². The van der Waals surface area contributed by atoms with Crippen LogP contribution in [-0.4, -0.2) is 12.3 Å². The Balaban J connectivity index is 0.000000242. The second-order valence-corrected chi connectivity index (χ2v) is 9.59. The maximum atomic E-state index is 2.28. The summed E-state index contributed by atoms with van der Waals surface area (Å²) in [4.78, 5) is 1.28. The third-order valence-corrected chi connectivity index (χ3v) is 7.06. The fourth-order valence-corrected chi connectivity index (χ4v) is 5.20. The molecule has 0 spiro atoms. The van der Waals surface area contributed by atoms with E-state index in [2.05, 4.69) is 62.5 Å². The molecule has 2 rings (SSSR count). The van der Waals surface area contributed by atoms with Crippen LogP contribution in [0.2, 0.25) is 9.70 Å². The largest absolute Gasteiger partial charge is 0.122 e. The van der Waals surface area contributed by atoms with E-state index >= 15 is 0 Å². The van der Waals surface area contributed by atoms with Crippen molar-refractivity contribution in [2.24, 2.45) is 0 Å². The number of rotatable bonds is 12. The van der Waals surface area contributed by atoms with Crippen LogP contribution in [0.4, 0.5) is 0 Å². The molecule has 0 unspecified atom stereocenters. The van der Waals surface area contributed by atoms with Crippen LogP contribution in [-0.2, 0) is 14.7 Å². The molecule has 0 aromatic heterocycles. The molecule has 0 bridgehead atoms. The molecule has 0 heterocycles. The molecular formula is C22H37CoP. The van der Waals surface area contributed by atoms with Crippen LogP contribution in [0.3, 0.4) is 0 Å². The van der Waals surface area contributed by atoms with E-state index in [-0.39, 0.29) is 0 Å². The zero-order valence-corrected chi connectivity index (χ0v) is 17.7. The van der Waals surface area contributed by atoms with Gasteiger partial charge in [-0.25, -0.2) is 0 Å². The Morgan fingerprint density at radius 3 is 1.42 bits per heavy atom. The summed E-state index contributed by atoms with van der Waals surface area (Å²) in [7, 11) is 1.25. The van der Waals surface area contributed by atoms with Crippen LogP contribution in [0.5, 0.6) is 0 Å². The molecule has 0 N–H and O–H groups in total. The summed E-state index contributed by atoms with van der Waals surface area (Å²) in [5.41, 5.74) is 0. The normalized spacial score (nSPS) is 16.2. The zero-order valence-electron chi connectivity index (χ0n) is 15.7. The average molecular weight is 391 g/mol. The third-order valence-electron chi connectivity index (χ3n) is 4.04. The van der Waals surface area contributed by atoms with Crippen molar-refractivity contribution in [2.45, 2.75) is 74.9 Å². The maximum absolute atomic E-state index is 2.28. The second-order valence-electron chi connectivity index (χ2n) is 6.35. The van der Waals surface area contributed by atoms with Crippen molar-refractivity contribution in [3.8, 4) is 0 Å². The van der Waals surface area contributed by atoms with Crippen LogP contribution >= 0.6 is 8.58 Å². The van der Waals surface area contributed by atoms with E-state index < -0.39 is 0 Å². The zero-order chi connectivity index (χ0) is 17.3. The Morgan fingerprint density at radius 2 is 1.04 bits per heavy atom. The first kappa shape index (κ1) is 21.9. The number of hydrogen-bond donors (Lipinski definition) is 0. The SMILES string of the molecule is C1=C[CH]([Co][CH]2C=CC=C2)C=C1.CCCCCCPCCCCCC. The van der Waals surface area contributed by atoms with Crippen LogP contribution < -0.4 is 0 Å². The first-order chi connectivity index (χ1) is 11.9. The van der Waals surface area contributed by atoms with Gasteiger partial charge >= 0.3 is 73.0 Å². The Hall–Kier alpha value is -0.104. The predicted molar refractivity (Wildman–Crippen MR) is 110 cm³/mol. The molecule has 0 saturated heterocycles. The molecule has 2 heteroatoms. The van der Waals surface area contributed by atoms with Crippen LogP contribution in [0.15, 0.2) is 48.6 Å². The van der Waals surface area contributed by atoms with E-state index in [1.807, 2.05) is 0 Å². The smallest absolute Gasteiger partial charge is 0.0353 e. The van der Waals surface area contributed by atoms with Gasteiger partial charge in [0.25, 0.3) is 0 Å². The quantitative estimate of drug-likeness (QED) is 0.236. The minimum absolute atomic E-state index is 0.642. The molecule has 2 aliphatic carbocycles. The van der Waals surface area contributed by atoms with Gasteiger partial charge in [0.1, 0.15) is 0 Å². The molecule has 0 aromatic rings. The fourth-order valence-electron chi connectivity index (χ4n) is 2.56. The monoisotopic (exact) mass is 391 g/mol. The Bertz CT molecular complexity index is 335. The molecule has 0 atom stereocenters. The third kappa shape index (κ3) is 12.3. The average Bonchev–Trinajstić information content (AvgIpc) is 3.29. The summed E-state index contributed by atoms with van der Waals surface area (Å²) in [5, 5.41) is 0. The molecule has 2 aliphatic rings. The van der Waals surface area contributed by atoms with Crippen LogP contribution in [0.1, 0.15) is 65.2 Å². The van der Waals surface area contributed by atoms with Gasteiger partial charge in [0, 0.05) is 0 Å². The Kier molecular flexibility index (Phi) is 15.0. The number of unbranched alkanes of at least 4 members (excludes halogenated alkanes) is 6. The van der Waals surface area contributed by atoms with Gasteiger partial charge in [-0.3, -0.25) is 0 Å². The summed E-state index contributed by atoms with van der Waals surface area (Å²) in [5.74, 6) is 0. The Labute approximate surface area is 159 Å². The van der Waals surface area contributed by atoms with E-state index in [9.17, 15) is 0 Å². The van der Waals surface area contributed by atoms with Gasteiger partial charge in [0.05, 0.1) is 0 Å². The first-order valence-electron chi connectivity index (χ1n) is 9.84. The van der Waals surface area contributed by atoms with E-state index in [1.54, 1.807) is 0 Å². The van der Waals surface area contributed by atoms with Crippen molar-refractivity contribution in [1.29, 1.82) is 0 Å². The van der Waals surface area contributed by atoms with Crippen molar-refractivity contribution < 1.29 is 14.7 Å². The minimum Gasteiger partial charge on any atom is -0.122 e. The summed E-state index contributed by atoms with van der Waals surface area (Å²) < 4.78 is 0. The van der Waals surface area contributed by atoms with Crippen molar-refractivity contribution in [3.63, 3.8) is 0 Å². The van der Waals surface area contributed by atoms with Crippen LogP contribution in [0.25, 0.3) is 0 Å². The molecule has 0 nitrogen and oxygen atoms in total. The van der Waals surface area contributed by atoms with Gasteiger partial charge in [-0.2, -0.15) is 0 Å². The molecule has 0 aromatic carbocycles. The van der Waals surface area contributed by atoms with Crippen molar-refractivity contribution in [2.75, 3.05) is 12.3 Å². The molecule has 24 heavy (non-hydrogen) atoms. The van der Waals surface area contributed by atoms with E-state index in [1.165, 1.54) is 87.0 Å². The van der Waals surface area contributed by atoms with Crippen LogP contribution in [0, 0.1) is 0 Å². The molecule has 139 valence electrons. The molecule has 0 amide bonds. The topological polar surface area (TPSA) is 0 Å². The van der Waals surface area contributed by atoms with Gasteiger partial charge < -0.3 is 0 Å². The van der Waals surface area contributed by atoms with Gasteiger partial charge in [-0.1, -0.05) is 52.4 Å². The number of allylic oxidation sites excluding steroid dienone is 8. The minimum atomic E-state index is 0.642. The Morgan fingerprint density at radius 1 is 0.625 bits per heavy atom. The van der Waals surface area contributed by atoms with Crippen molar-refractivity contribution in [1.82, 2.24) is 0 Å². The molecule has 0 radical (unpaired) electrons. The molecule has 0 aliphatic heterocycles. The van der Waals surface area contributed by atoms with Gasteiger partial charge in [0.2, 0.25) is 0 Å². The molecular weight excluding hydrogens is 354 g/mol.